The minimum atomic E-state index is 0.273. The van der Waals surface area contributed by atoms with Crippen molar-refractivity contribution in [1.29, 1.82) is 0 Å². The van der Waals surface area contributed by atoms with E-state index in [1.165, 1.54) is 22.1 Å². The van der Waals surface area contributed by atoms with Crippen LogP contribution in [0.2, 0.25) is 0 Å². The van der Waals surface area contributed by atoms with Crippen LogP contribution in [-0.4, -0.2) is 25.9 Å². The third kappa shape index (κ3) is 3.43. The molecular formula is C14H23N5S. The van der Waals surface area contributed by atoms with Crippen LogP contribution in [0, 0.1) is 6.92 Å². The Labute approximate surface area is 124 Å². The molecule has 0 fully saturated rings. The van der Waals surface area contributed by atoms with Gasteiger partial charge in [-0.1, -0.05) is 18.3 Å². The summed E-state index contributed by atoms with van der Waals surface area (Å²) in [7, 11) is 2.02. The van der Waals surface area contributed by atoms with E-state index in [9.17, 15) is 0 Å². The Balaban J connectivity index is 2.19. The van der Waals surface area contributed by atoms with Crippen LogP contribution in [0.1, 0.15) is 48.3 Å². The molecule has 0 amide bonds. The fourth-order valence-electron chi connectivity index (χ4n) is 2.28. The quantitative estimate of drug-likeness (QED) is 0.852. The maximum absolute atomic E-state index is 4.53. The Kier molecular flexibility index (Phi) is 5.25. The number of rotatable bonds is 7. The molecule has 1 atom stereocenters. The highest BCUT2D eigenvalue weighted by molar-refractivity contribution is 7.05. The van der Waals surface area contributed by atoms with Gasteiger partial charge in [0.1, 0.15) is 0 Å². The predicted molar refractivity (Wildman–Crippen MR) is 82.0 cm³/mol. The summed E-state index contributed by atoms with van der Waals surface area (Å²) in [5.41, 5.74) is 3.43. The highest BCUT2D eigenvalue weighted by Crippen LogP contribution is 2.24. The van der Waals surface area contributed by atoms with Crippen molar-refractivity contribution >= 4 is 11.5 Å². The van der Waals surface area contributed by atoms with Gasteiger partial charge < -0.3 is 5.32 Å². The van der Waals surface area contributed by atoms with Gasteiger partial charge >= 0.3 is 0 Å². The van der Waals surface area contributed by atoms with E-state index in [4.69, 9.17) is 0 Å². The van der Waals surface area contributed by atoms with Gasteiger partial charge in [0.05, 0.1) is 22.3 Å². The van der Waals surface area contributed by atoms with Crippen molar-refractivity contribution in [1.82, 2.24) is 24.7 Å². The van der Waals surface area contributed by atoms with Gasteiger partial charge in [-0.15, -0.1) is 5.10 Å². The molecule has 0 aliphatic rings. The lowest BCUT2D eigenvalue weighted by atomic mass is 10.1. The number of nitrogens with one attached hydrogen (secondary N) is 1. The van der Waals surface area contributed by atoms with E-state index in [1.807, 2.05) is 18.7 Å². The molecule has 0 spiro atoms. The molecule has 0 aliphatic heterocycles. The molecule has 110 valence electrons. The number of hydrogen-bond acceptors (Lipinski definition) is 5. The normalized spacial score (nSPS) is 12.8. The molecule has 6 heteroatoms. The van der Waals surface area contributed by atoms with Crippen LogP contribution >= 0.6 is 11.5 Å². The van der Waals surface area contributed by atoms with Crippen LogP contribution in [0.15, 0.2) is 6.07 Å². The fraction of sp³-hybridized carbons (Fsp3) is 0.643. The van der Waals surface area contributed by atoms with Crippen molar-refractivity contribution in [2.75, 3.05) is 6.54 Å². The summed E-state index contributed by atoms with van der Waals surface area (Å²) in [5, 5.41) is 12.3. The van der Waals surface area contributed by atoms with E-state index in [2.05, 4.69) is 39.9 Å². The molecule has 1 N–H and O–H groups in total. The number of aromatic nitrogens is 4. The summed E-state index contributed by atoms with van der Waals surface area (Å²) in [6.45, 7) is 7.35. The first-order valence-corrected chi connectivity index (χ1v) is 7.97. The number of nitrogens with zero attached hydrogens (tertiary/aromatic N) is 4. The molecule has 5 nitrogen and oxygen atoms in total. The highest BCUT2D eigenvalue weighted by atomic mass is 32.1. The Morgan fingerprint density at radius 2 is 2.20 bits per heavy atom. The molecule has 2 aromatic heterocycles. The van der Waals surface area contributed by atoms with Crippen LogP contribution in [0.25, 0.3) is 0 Å². The van der Waals surface area contributed by atoms with Crippen molar-refractivity contribution in [2.45, 2.75) is 46.1 Å². The van der Waals surface area contributed by atoms with Gasteiger partial charge in [0.2, 0.25) is 0 Å². The minimum absolute atomic E-state index is 0.273. The predicted octanol–water partition coefficient (Wildman–Crippen LogP) is 2.43. The van der Waals surface area contributed by atoms with Gasteiger partial charge in [-0.2, -0.15) is 5.10 Å². The third-order valence-corrected chi connectivity index (χ3v) is 4.39. The molecule has 2 rings (SSSR count). The van der Waals surface area contributed by atoms with E-state index >= 15 is 0 Å². The van der Waals surface area contributed by atoms with Gasteiger partial charge in [0.15, 0.2) is 0 Å². The lowest BCUT2D eigenvalue weighted by Crippen LogP contribution is -2.24. The summed E-state index contributed by atoms with van der Waals surface area (Å²) in [6.07, 6.45) is 3.02. The van der Waals surface area contributed by atoms with Crippen molar-refractivity contribution < 1.29 is 0 Å². The standard InChI is InChI=1S/C14H23N5S/c1-5-7-15-13(14-10(3)16-18-20-14)9-12-8-11(6-2)17-19(12)4/h8,13,15H,5-7,9H2,1-4H3. The van der Waals surface area contributed by atoms with Crippen LogP contribution < -0.4 is 5.32 Å². The lowest BCUT2D eigenvalue weighted by Gasteiger charge is -2.17. The summed E-state index contributed by atoms with van der Waals surface area (Å²) < 4.78 is 6.05. The second-order valence-electron chi connectivity index (χ2n) is 5.04. The van der Waals surface area contributed by atoms with E-state index in [0.29, 0.717) is 0 Å². The van der Waals surface area contributed by atoms with Crippen LogP contribution in [-0.2, 0) is 19.9 Å². The molecule has 0 saturated carbocycles. The van der Waals surface area contributed by atoms with Crippen molar-refractivity contribution in [2.24, 2.45) is 7.05 Å². The van der Waals surface area contributed by atoms with Crippen LogP contribution in [0.4, 0.5) is 0 Å². The Morgan fingerprint density at radius 1 is 1.40 bits per heavy atom. The van der Waals surface area contributed by atoms with E-state index in [-0.39, 0.29) is 6.04 Å². The molecule has 0 radical (unpaired) electrons. The maximum Gasteiger partial charge on any atom is 0.0772 e. The first-order valence-electron chi connectivity index (χ1n) is 7.19. The number of hydrogen-bond donors (Lipinski definition) is 1. The zero-order chi connectivity index (χ0) is 14.5. The van der Waals surface area contributed by atoms with E-state index in [0.717, 1.165) is 37.2 Å². The summed E-state index contributed by atoms with van der Waals surface area (Å²) in [6, 6.07) is 2.47. The van der Waals surface area contributed by atoms with E-state index < -0.39 is 0 Å². The largest absolute Gasteiger partial charge is 0.309 e. The smallest absolute Gasteiger partial charge is 0.0772 e. The van der Waals surface area contributed by atoms with E-state index in [1.54, 1.807) is 0 Å². The first-order chi connectivity index (χ1) is 9.65. The Morgan fingerprint density at radius 3 is 2.75 bits per heavy atom. The fourth-order valence-corrected chi connectivity index (χ4v) is 3.00. The summed E-state index contributed by atoms with van der Waals surface area (Å²) >= 11 is 1.49. The zero-order valence-corrected chi connectivity index (χ0v) is 13.5. The van der Waals surface area contributed by atoms with Crippen molar-refractivity contribution in [3.63, 3.8) is 0 Å². The summed E-state index contributed by atoms with van der Waals surface area (Å²) in [5.74, 6) is 0. The Bertz CT molecular complexity index is 546. The average molecular weight is 293 g/mol. The van der Waals surface area contributed by atoms with Gasteiger partial charge in [-0.05, 0) is 43.9 Å². The molecule has 0 bridgehead atoms. The molecule has 0 aliphatic carbocycles. The number of aryl methyl sites for hydroxylation is 3. The molecule has 2 aromatic rings. The highest BCUT2D eigenvalue weighted by Gasteiger charge is 2.19. The third-order valence-electron chi connectivity index (χ3n) is 3.45. The topological polar surface area (TPSA) is 55.6 Å². The van der Waals surface area contributed by atoms with Crippen LogP contribution in [0.5, 0.6) is 0 Å². The SMILES string of the molecule is CCCNC(Cc1cc(CC)nn1C)c1snnc1C. The molecule has 2 heterocycles. The molecule has 0 saturated heterocycles. The molecular weight excluding hydrogens is 270 g/mol. The van der Waals surface area contributed by atoms with Crippen molar-refractivity contribution in [3.05, 3.63) is 28.0 Å². The van der Waals surface area contributed by atoms with Gasteiger partial charge in [0.25, 0.3) is 0 Å². The van der Waals surface area contributed by atoms with Crippen molar-refractivity contribution in [3.8, 4) is 0 Å². The summed E-state index contributed by atoms with van der Waals surface area (Å²) in [4.78, 5) is 1.23. The lowest BCUT2D eigenvalue weighted by molar-refractivity contribution is 0.516. The zero-order valence-electron chi connectivity index (χ0n) is 12.7. The molecule has 0 aromatic carbocycles. The second-order valence-corrected chi connectivity index (χ2v) is 5.82. The maximum atomic E-state index is 4.53. The second kappa shape index (κ2) is 6.95. The molecule has 20 heavy (non-hydrogen) atoms. The Hall–Kier alpha value is -1.27. The molecule has 1 unspecified atom stereocenters. The minimum Gasteiger partial charge on any atom is -0.309 e. The average Bonchev–Trinajstić information content (AvgIpc) is 3.01. The van der Waals surface area contributed by atoms with Gasteiger partial charge in [-0.25, -0.2) is 0 Å². The first kappa shape index (κ1) is 15.1. The van der Waals surface area contributed by atoms with Crippen LogP contribution in [0.3, 0.4) is 0 Å². The monoisotopic (exact) mass is 293 g/mol. The van der Waals surface area contributed by atoms with Gasteiger partial charge in [-0.3, -0.25) is 4.68 Å². The van der Waals surface area contributed by atoms with Gasteiger partial charge in [0, 0.05) is 19.2 Å².